The Labute approximate surface area is 134 Å². The number of amides is 2. The molecule has 1 aliphatic rings. The smallest absolute Gasteiger partial charge is 0.321 e. The Morgan fingerprint density at radius 1 is 1.22 bits per heavy atom. The molecule has 0 saturated carbocycles. The number of hydrogen-bond acceptors (Lipinski definition) is 4. The predicted molar refractivity (Wildman–Crippen MR) is 86.0 cm³/mol. The molecule has 6 nitrogen and oxygen atoms in total. The van der Waals surface area contributed by atoms with Crippen LogP contribution >= 0.6 is 0 Å². The van der Waals surface area contributed by atoms with E-state index in [1.54, 1.807) is 37.3 Å². The van der Waals surface area contributed by atoms with Crippen molar-refractivity contribution in [3.63, 3.8) is 0 Å². The minimum absolute atomic E-state index is 0.202. The fourth-order valence-electron chi connectivity index (χ4n) is 2.31. The van der Waals surface area contributed by atoms with Crippen LogP contribution in [0.15, 0.2) is 42.5 Å². The Balaban J connectivity index is 1.63. The van der Waals surface area contributed by atoms with Crippen molar-refractivity contribution in [2.45, 2.75) is 6.54 Å². The molecule has 0 aliphatic carbocycles. The molecule has 120 valence electrons. The third-order valence-electron chi connectivity index (χ3n) is 3.52. The summed E-state index contributed by atoms with van der Waals surface area (Å²) in [6.07, 6.45) is 0. The van der Waals surface area contributed by atoms with Crippen molar-refractivity contribution < 1.29 is 19.0 Å². The van der Waals surface area contributed by atoms with Gasteiger partial charge in [-0.15, -0.1) is 0 Å². The number of anilines is 1. The molecule has 1 aliphatic heterocycles. The lowest BCUT2D eigenvalue weighted by Crippen LogP contribution is -2.30. The summed E-state index contributed by atoms with van der Waals surface area (Å²) in [5.41, 5.74) is 1.66. The zero-order valence-electron chi connectivity index (χ0n) is 13.0. The normalized spacial score (nSPS) is 11.9. The summed E-state index contributed by atoms with van der Waals surface area (Å²) in [5, 5.41) is 2.84. The van der Waals surface area contributed by atoms with Gasteiger partial charge in [0.25, 0.3) is 0 Å². The molecule has 2 aromatic rings. The number of nitrogens with zero attached hydrogens (tertiary/aromatic N) is 1. The molecule has 0 unspecified atom stereocenters. The molecule has 1 heterocycles. The van der Waals surface area contributed by atoms with Crippen molar-refractivity contribution in [1.29, 1.82) is 0 Å². The molecule has 0 fully saturated rings. The van der Waals surface area contributed by atoms with Crippen LogP contribution in [-0.4, -0.2) is 31.9 Å². The van der Waals surface area contributed by atoms with Gasteiger partial charge in [0.15, 0.2) is 11.5 Å². The van der Waals surface area contributed by atoms with Gasteiger partial charge < -0.3 is 24.4 Å². The standard InChI is InChI=1S/C17H18N2O4/c1-19(10-12-4-3-5-14(8-12)21-2)17(20)18-13-6-7-15-16(9-13)23-11-22-15/h3-9H,10-11H2,1-2H3,(H,18,20). The molecule has 0 atom stereocenters. The first-order valence-electron chi connectivity index (χ1n) is 7.20. The second-order valence-corrected chi connectivity index (χ2v) is 5.21. The van der Waals surface area contributed by atoms with E-state index < -0.39 is 0 Å². The fourth-order valence-corrected chi connectivity index (χ4v) is 2.31. The predicted octanol–water partition coefficient (Wildman–Crippen LogP) is 3.09. The van der Waals surface area contributed by atoms with E-state index in [2.05, 4.69) is 5.32 Å². The molecule has 0 aromatic heterocycles. The zero-order chi connectivity index (χ0) is 16.2. The van der Waals surface area contributed by atoms with Gasteiger partial charge in [-0.05, 0) is 29.8 Å². The molecule has 3 rings (SSSR count). The summed E-state index contributed by atoms with van der Waals surface area (Å²) < 4.78 is 15.7. The van der Waals surface area contributed by atoms with Crippen LogP contribution in [0, 0.1) is 0 Å². The second-order valence-electron chi connectivity index (χ2n) is 5.21. The van der Waals surface area contributed by atoms with Crippen molar-refractivity contribution in [2.24, 2.45) is 0 Å². The first-order valence-corrected chi connectivity index (χ1v) is 7.20. The van der Waals surface area contributed by atoms with E-state index in [0.29, 0.717) is 23.7 Å². The number of fused-ring (bicyclic) bond motifs is 1. The SMILES string of the molecule is COc1cccc(CN(C)C(=O)Nc2ccc3c(c2)OCO3)c1. The third kappa shape index (κ3) is 3.48. The molecule has 0 spiro atoms. The molecule has 2 aromatic carbocycles. The van der Waals surface area contributed by atoms with E-state index in [1.807, 2.05) is 24.3 Å². The van der Waals surface area contributed by atoms with Gasteiger partial charge in [0.05, 0.1) is 7.11 Å². The van der Waals surface area contributed by atoms with Crippen molar-refractivity contribution >= 4 is 11.7 Å². The molecular weight excluding hydrogens is 296 g/mol. The van der Waals surface area contributed by atoms with Crippen LogP contribution in [0.3, 0.4) is 0 Å². The van der Waals surface area contributed by atoms with Gasteiger partial charge in [-0.25, -0.2) is 4.79 Å². The van der Waals surface area contributed by atoms with Crippen LogP contribution in [0.1, 0.15) is 5.56 Å². The van der Waals surface area contributed by atoms with Crippen LogP contribution in [-0.2, 0) is 6.54 Å². The van der Waals surface area contributed by atoms with Crippen molar-refractivity contribution in [3.05, 3.63) is 48.0 Å². The average Bonchev–Trinajstić information content (AvgIpc) is 3.02. The van der Waals surface area contributed by atoms with Crippen LogP contribution in [0.25, 0.3) is 0 Å². The van der Waals surface area contributed by atoms with Crippen LogP contribution in [0.2, 0.25) is 0 Å². The van der Waals surface area contributed by atoms with Crippen LogP contribution in [0.5, 0.6) is 17.2 Å². The number of nitrogens with one attached hydrogen (secondary N) is 1. The summed E-state index contributed by atoms with van der Waals surface area (Å²) in [5.74, 6) is 2.10. The maximum atomic E-state index is 12.3. The number of ether oxygens (including phenoxy) is 3. The molecule has 2 amide bonds. The Bertz CT molecular complexity index is 717. The monoisotopic (exact) mass is 314 g/mol. The lowest BCUT2D eigenvalue weighted by Gasteiger charge is -2.18. The Kier molecular flexibility index (Phi) is 4.23. The van der Waals surface area contributed by atoms with E-state index in [4.69, 9.17) is 14.2 Å². The van der Waals surface area contributed by atoms with E-state index in [9.17, 15) is 4.79 Å². The lowest BCUT2D eigenvalue weighted by atomic mass is 10.2. The lowest BCUT2D eigenvalue weighted by molar-refractivity contribution is 0.174. The van der Waals surface area contributed by atoms with Crippen molar-refractivity contribution in [3.8, 4) is 17.2 Å². The summed E-state index contributed by atoms with van der Waals surface area (Å²) in [7, 11) is 3.36. The Hall–Kier alpha value is -2.89. The largest absolute Gasteiger partial charge is 0.497 e. The molecular formula is C17H18N2O4. The summed E-state index contributed by atoms with van der Waals surface area (Å²) in [6, 6.07) is 12.7. The summed E-state index contributed by atoms with van der Waals surface area (Å²) in [6.45, 7) is 0.691. The van der Waals surface area contributed by atoms with Gasteiger partial charge in [-0.3, -0.25) is 0 Å². The van der Waals surface area contributed by atoms with Gasteiger partial charge >= 0.3 is 6.03 Å². The number of rotatable bonds is 4. The number of benzene rings is 2. The molecule has 1 N–H and O–H groups in total. The van der Waals surface area contributed by atoms with Crippen LogP contribution in [0.4, 0.5) is 10.5 Å². The van der Waals surface area contributed by atoms with E-state index in [-0.39, 0.29) is 12.8 Å². The third-order valence-corrected chi connectivity index (χ3v) is 3.52. The first kappa shape index (κ1) is 15.0. The minimum Gasteiger partial charge on any atom is -0.497 e. The topological polar surface area (TPSA) is 60.0 Å². The highest BCUT2D eigenvalue weighted by atomic mass is 16.7. The Morgan fingerprint density at radius 2 is 2.04 bits per heavy atom. The van der Waals surface area contributed by atoms with E-state index in [1.165, 1.54) is 0 Å². The number of hydrogen-bond donors (Lipinski definition) is 1. The summed E-state index contributed by atoms with van der Waals surface area (Å²) >= 11 is 0. The number of urea groups is 1. The maximum absolute atomic E-state index is 12.3. The number of carbonyl (C=O) groups excluding carboxylic acids is 1. The molecule has 0 saturated heterocycles. The Morgan fingerprint density at radius 3 is 2.87 bits per heavy atom. The van der Waals surface area contributed by atoms with Gasteiger partial charge in [0.1, 0.15) is 5.75 Å². The van der Waals surface area contributed by atoms with Gasteiger partial charge in [0.2, 0.25) is 6.79 Å². The quantitative estimate of drug-likeness (QED) is 0.942. The highest BCUT2D eigenvalue weighted by molar-refractivity contribution is 5.89. The van der Waals surface area contributed by atoms with Gasteiger partial charge in [-0.2, -0.15) is 0 Å². The van der Waals surface area contributed by atoms with Gasteiger partial charge in [0, 0.05) is 25.3 Å². The van der Waals surface area contributed by atoms with Crippen molar-refractivity contribution in [1.82, 2.24) is 4.90 Å². The van der Waals surface area contributed by atoms with Gasteiger partial charge in [-0.1, -0.05) is 12.1 Å². The second kappa shape index (κ2) is 6.48. The molecule has 0 bridgehead atoms. The van der Waals surface area contributed by atoms with E-state index >= 15 is 0 Å². The number of methoxy groups -OCH3 is 1. The molecule has 0 radical (unpaired) electrons. The summed E-state index contributed by atoms with van der Waals surface area (Å²) in [4.78, 5) is 13.9. The maximum Gasteiger partial charge on any atom is 0.321 e. The molecule has 23 heavy (non-hydrogen) atoms. The van der Waals surface area contributed by atoms with Crippen molar-refractivity contribution in [2.75, 3.05) is 26.3 Å². The average molecular weight is 314 g/mol. The minimum atomic E-state index is -0.202. The number of carbonyl (C=O) groups is 1. The first-order chi connectivity index (χ1) is 11.2. The zero-order valence-corrected chi connectivity index (χ0v) is 13.0. The van der Waals surface area contributed by atoms with E-state index in [0.717, 1.165) is 11.3 Å². The fraction of sp³-hybridized carbons (Fsp3) is 0.235. The molecule has 6 heteroatoms. The van der Waals surface area contributed by atoms with Crippen LogP contribution < -0.4 is 19.5 Å². The highest BCUT2D eigenvalue weighted by Gasteiger charge is 2.15. The highest BCUT2D eigenvalue weighted by Crippen LogP contribution is 2.34.